The van der Waals surface area contributed by atoms with Gasteiger partial charge in [0.1, 0.15) is 0 Å². The van der Waals surface area contributed by atoms with Crippen molar-refractivity contribution in [3.05, 3.63) is 47.5 Å². The number of ketones is 1. The Hall–Kier alpha value is -2.93. The number of methoxy groups -OCH3 is 1. The number of thiazole rings is 1. The van der Waals surface area contributed by atoms with Crippen molar-refractivity contribution in [2.75, 3.05) is 19.0 Å². The van der Waals surface area contributed by atoms with E-state index in [-0.39, 0.29) is 18.3 Å². The number of rotatable bonds is 7. The molecule has 6 nitrogen and oxygen atoms in total. The van der Waals surface area contributed by atoms with Crippen LogP contribution in [0.4, 0.5) is 5.13 Å². The van der Waals surface area contributed by atoms with E-state index in [2.05, 4.69) is 23.3 Å². The van der Waals surface area contributed by atoms with Gasteiger partial charge in [0.15, 0.2) is 29.0 Å². The summed E-state index contributed by atoms with van der Waals surface area (Å²) in [7, 11) is 1.48. The van der Waals surface area contributed by atoms with Gasteiger partial charge in [-0.25, -0.2) is 4.98 Å². The van der Waals surface area contributed by atoms with Crippen LogP contribution in [-0.4, -0.2) is 30.4 Å². The van der Waals surface area contributed by atoms with Crippen molar-refractivity contribution in [2.45, 2.75) is 20.3 Å². The van der Waals surface area contributed by atoms with Crippen molar-refractivity contribution in [3.8, 4) is 11.5 Å². The van der Waals surface area contributed by atoms with Gasteiger partial charge in [-0.3, -0.25) is 14.9 Å². The van der Waals surface area contributed by atoms with Gasteiger partial charge in [-0.2, -0.15) is 0 Å². The number of hydrogen-bond donors (Lipinski definition) is 1. The van der Waals surface area contributed by atoms with E-state index in [0.29, 0.717) is 22.2 Å². The van der Waals surface area contributed by atoms with E-state index in [1.807, 2.05) is 12.1 Å². The summed E-state index contributed by atoms with van der Waals surface area (Å²) >= 11 is 1.43. The number of aryl methyl sites for hydroxylation is 1. The topological polar surface area (TPSA) is 77.5 Å². The molecule has 1 amide bonds. The Kier molecular flexibility index (Phi) is 5.71. The van der Waals surface area contributed by atoms with Crippen LogP contribution in [0.25, 0.3) is 10.2 Å². The first kappa shape index (κ1) is 18.8. The van der Waals surface area contributed by atoms with Gasteiger partial charge in [0.25, 0.3) is 5.91 Å². The van der Waals surface area contributed by atoms with Gasteiger partial charge >= 0.3 is 0 Å². The zero-order valence-corrected chi connectivity index (χ0v) is 16.2. The van der Waals surface area contributed by atoms with Crippen molar-refractivity contribution in [1.29, 1.82) is 0 Å². The van der Waals surface area contributed by atoms with Crippen molar-refractivity contribution in [3.63, 3.8) is 0 Å². The third-order valence-corrected chi connectivity index (χ3v) is 4.97. The maximum Gasteiger partial charge on any atom is 0.264 e. The molecule has 3 aromatic rings. The van der Waals surface area contributed by atoms with Gasteiger partial charge in [-0.15, -0.1) is 0 Å². The molecule has 140 valence electrons. The Morgan fingerprint density at radius 2 is 1.96 bits per heavy atom. The fraction of sp³-hybridized carbons (Fsp3) is 0.250. The Morgan fingerprint density at radius 3 is 2.67 bits per heavy atom. The number of fused-ring (bicyclic) bond motifs is 1. The van der Waals surface area contributed by atoms with Crippen LogP contribution in [0.15, 0.2) is 36.4 Å². The van der Waals surface area contributed by atoms with Crippen LogP contribution < -0.4 is 14.8 Å². The number of carbonyl (C=O) groups is 2. The molecule has 0 bridgehead atoms. The normalized spacial score (nSPS) is 10.6. The van der Waals surface area contributed by atoms with E-state index in [0.717, 1.165) is 16.6 Å². The monoisotopic (exact) mass is 384 g/mol. The first-order chi connectivity index (χ1) is 13.0. The third-order valence-electron chi connectivity index (χ3n) is 4.04. The first-order valence-electron chi connectivity index (χ1n) is 8.51. The molecular weight excluding hydrogens is 364 g/mol. The van der Waals surface area contributed by atoms with Gasteiger partial charge in [0, 0.05) is 5.56 Å². The largest absolute Gasteiger partial charge is 0.493 e. The molecule has 2 aromatic carbocycles. The fourth-order valence-corrected chi connectivity index (χ4v) is 3.49. The lowest BCUT2D eigenvalue weighted by molar-refractivity contribution is -0.118. The van der Waals surface area contributed by atoms with E-state index in [9.17, 15) is 9.59 Å². The number of carbonyl (C=O) groups excluding carboxylic acids is 2. The molecule has 0 spiro atoms. The molecule has 1 heterocycles. The molecule has 0 saturated heterocycles. The molecule has 0 saturated carbocycles. The van der Waals surface area contributed by atoms with Gasteiger partial charge < -0.3 is 9.47 Å². The van der Waals surface area contributed by atoms with E-state index in [1.165, 1.54) is 30.9 Å². The summed E-state index contributed by atoms with van der Waals surface area (Å²) in [6.07, 6.45) is 0.952. The Balaban J connectivity index is 1.65. The molecule has 3 rings (SSSR count). The number of aromatic nitrogens is 1. The van der Waals surface area contributed by atoms with Gasteiger partial charge in [-0.05, 0) is 49.2 Å². The Labute approximate surface area is 161 Å². The second kappa shape index (κ2) is 8.18. The number of amides is 1. The van der Waals surface area contributed by atoms with E-state index in [1.54, 1.807) is 18.2 Å². The maximum absolute atomic E-state index is 12.2. The summed E-state index contributed by atoms with van der Waals surface area (Å²) in [5, 5.41) is 3.29. The Morgan fingerprint density at radius 1 is 1.15 bits per heavy atom. The highest BCUT2D eigenvalue weighted by Gasteiger charge is 2.12. The standard InChI is InChI=1S/C20H20N2O4S/c1-4-13-5-7-15-18(9-13)27-20(21-15)22-19(24)11-26-16-8-6-14(12(2)23)10-17(16)25-3/h5-10H,4,11H2,1-3H3,(H,21,22,24). The summed E-state index contributed by atoms with van der Waals surface area (Å²) < 4.78 is 11.8. The highest BCUT2D eigenvalue weighted by Crippen LogP contribution is 2.29. The number of anilines is 1. The summed E-state index contributed by atoms with van der Waals surface area (Å²) in [5.41, 5.74) is 2.60. The van der Waals surface area contributed by atoms with Crippen LogP contribution in [-0.2, 0) is 11.2 Å². The van der Waals surface area contributed by atoms with Gasteiger partial charge in [-0.1, -0.05) is 24.3 Å². The van der Waals surface area contributed by atoms with Gasteiger partial charge in [0.05, 0.1) is 17.3 Å². The van der Waals surface area contributed by atoms with Crippen molar-refractivity contribution in [1.82, 2.24) is 4.98 Å². The predicted octanol–water partition coefficient (Wildman–Crippen LogP) is 4.09. The quantitative estimate of drug-likeness (QED) is 0.621. The molecule has 0 aliphatic rings. The molecule has 0 aliphatic carbocycles. The number of nitrogens with zero attached hydrogens (tertiary/aromatic N) is 1. The van der Waals surface area contributed by atoms with Crippen molar-refractivity contribution in [2.24, 2.45) is 0 Å². The van der Waals surface area contributed by atoms with E-state index >= 15 is 0 Å². The average molecular weight is 384 g/mol. The van der Waals surface area contributed by atoms with Crippen LogP contribution in [0, 0.1) is 0 Å². The van der Waals surface area contributed by atoms with Crippen molar-refractivity contribution >= 4 is 38.4 Å². The molecule has 1 aromatic heterocycles. The number of hydrogen-bond acceptors (Lipinski definition) is 6. The lowest BCUT2D eigenvalue weighted by Crippen LogP contribution is -2.20. The number of nitrogens with one attached hydrogen (secondary N) is 1. The lowest BCUT2D eigenvalue weighted by Gasteiger charge is -2.11. The summed E-state index contributed by atoms with van der Waals surface area (Å²) in [4.78, 5) is 28.1. The number of Topliss-reactive ketones (excluding diaryl/α,β-unsaturated/α-hetero) is 1. The predicted molar refractivity (Wildman–Crippen MR) is 106 cm³/mol. The van der Waals surface area contributed by atoms with Crippen molar-refractivity contribution < 1.29 is 19.1 Å². The average Bonchev–Trinajstić information content (AvgIpc) is 3.07. The molecule has 7 heteroatoms. The smallest absolute Gasteiger partial charge is 0.264 e. The third kappa shape index (κ3) is 4.43. The molecule has 0 aliphatic heterocycles. The number of benzene rings is 2. The van der Waals surface area contributed by atoms with Crippen LogP contribution in [0.5, 0.6) is 11.5 Å². The molecular formula is C20H20N2O4S. The minimum Gasteiger partial charge on any atom is -0.493 e. The second-order valence-electron chi connectivity index (χ2n) is 5.93. The maximum atomic E-state index is 12.2. The molecule has 0 unspecified atom stereocenters. The van der Waals surface area contributed by atoms with Crippen LogP contribution in [0.1, 0.15) is 29.8 Å². The zero-order chi connectivity index (χ0) is 19.4. The minimum atomic E-state index is -0.317. The second-order valence-corrected chi connectivity index (χ2v) is 6.96. The highest BCUT2D eigenvalue weighted by molar-refractivity contribution is 7.22. The molecule has 0 fully saturated rings. The first-order valence-corrected chi connectivity index (χ1v) is 9.33. The fourth-order valence-electron chi connectivity index (χ4n) is 2.55. The molecule has 1 N–H and O–H groups in total. The minimum absolute atomic E-state index is 0.0698. The SMILES string of the molecule is CCc1ccc2nc(NC(=O)COc3ccc(C(C)=O)cc3OC)sc2c1. The summed E-state index contributed by atoms with van der Waals surface area (Å²) in [5.74, 6) is 0.416. The van der Waals surface area contributed by atoms with Crippen LogP contribution in [0.2, 0.25) is 0 Å². The molecule has 0 radical (unpaired) electrons. The van der Waals surface area contributed by atoms with Crippen LogP contribution >= 0.6 is 11.3 Å². The Bertz CT molecular complexity index is 997. The van der Waals surface area contributed by atoms with E-state index in [4.69, 9.17) is 9.47 Å². The lowest BCUT2D eigenvalue weighted by atomic mass is 10.1. The molecule has 0 atom stereocenters. The number of ether oxygens (including phenoxy) is 2. The van der Waals surface area contributed by atoms with Gasteiger partial charge in [0.2, 0.25) is 0 Å². The summed E-state index contributed by atoms with van der Waals surface area (Å²) in [6.45, 7) is 3.38. The van der Waals surface area contributed by atoms with E-state index < -0.39 is 0 Å². The highest BCUT2D eigenvalue weighted by atomic mass is 32.1. The zero-order valence-electron chi connectivity index (χ0n) is 15.4. The van der Waals surface area contributed by atoms with Crippen LogP contribution in [0.3, 0.4) is 0 Å². The molecule has 27 heavy (non-hydrogen) atoms. The summed E-state index contributed by atoms with van der Waals surface area (Å²) in [6, 6.07) is 10.9.